The largest absolute Gasteiger partial charge is 0.389 e. The molecule has 5 heteroatoms. The summed E-state index contributed by atoms with van der Waals surface area (Å²) in [6.45, 7) is 0. The lowest BCUT2D eigenvalue weighted by Crippen LogP contribution is -2.08. The first-order valence-corrected chi connectivity index (χ1v) is 7.57. The molecule has 0 bridgehead atoms. The molecule has 0 saturated carbocycles. The Balaban J connectivity index is 1.94. The Morgan fingerprint density at radius 3 is 2.48 bits per heavy atom. The van der Waals surface area contributed by atoms with Gasteiger partial charge >= 0.3 is 6.18 Å². The van der Waals surface area contributed by atoms with Gasteiger partial charge in [0.15, 0.2) is 0 Å². The second-order valence-electron chi connectivity index (χ2n) is 5.10. The molecule has 1 atom stereocenters. The van der Waals surface area contributed by atoms with Crippen LogP contribution in [0.2, 0.25) is 0 Å². The number of aromatic nitrogens is 1. The van der Waals surface area contributed by atoms with Gasteiger partial charge in [-0.25, -0.2) is 0 Å². The predicted molar refractivity (Wildman–Crippen MR) is 82.8 cm³/mol. The number of hydrogen-bond acceptors (Lipinski definition) is 0. The van der Waals surface area contributed by atoms with Crippen LogP contribution in [-0.2, 0) is 0 Å². The standard InChI is InChI=1S/C16H13BrF3N/c17-13(7-8-16(18,19)20)10-5-6-15-12(9-10)11-3-1-2-4-14(11)21-15/h1-6,9,13,21H,7-8H2. The Morgan fingerprint density at radius 1 is 1.00 bits per heavy atom. The lowest BCUT2D eigenvalue weighted by molar-refractivity contribution is -0.135. The van der Waals surface area contributed by atoms with Crippen LogP contribution in [-0.4, -0.2) is 11.2 Å². The zero-order valence-electron chi connectivity index (χ0n) is 11.0. The van der Waals surface area contributed by atoms with Crippen LogP contribution in [0.25, 0.3) is 21.8 Å². The van der Waals surface area contributed by atoms with E-state index < -0.39 is 12.6 Å². The van der Waals surface area contributed by atoms with Crippen molar-refractivity contribution >= 4 is 37.7 Å². The average Bonchev–Trinajstić information content (AvgIpc) is 2.81. The van der Waals surface area contributed by atoms with Crippen molar-refractivity contribution < 1.29 is 13.2 Å². The molecule has 0 amide bonds. The third-order valence-corrected chi connectivity index (χ3v) is 4.56. The van der Waals surface area contributed by atoms with E-state index >= 15 is 0 Å². The van der Waals surface area contributed by atoms with Crippen molar-refractivity contribution in [2.75, 3.05) is 0 Å². The van der Waals surface area contributed by atoms with Gasteiger partial charge in [0.25, 0.3) is 0 Å². The van der Waals surface area contributed by atoms with E-state index in [2.05, 4.69) is 20.9 Å². The van der Waals surface area contributed by atoms with Crippen LogP contribution in [0, 0.1) is 0 Å². The smallest absolute Gasteiger partial charge is 0.355 e. The number of fused-ring (bicyclic) bond motifs is 3. The summed E-state index contributed by atoms with van der Waals surface area (Å²) in [6.07, 6.45) is -4.86. The van der Waals surface area contributed by atoms with Gasteiger partial charge in [-0.2, -0.15) is 13.2 Å². The Labute approximate surface area is 128 Å². The maximum absolute atomic E-state index is 12.3. The van der Waals surface area contributed by atoms with Crippen LogP contribution < -0.4 is 0 Å². The van der Waals surface area contributed by atoms with Crippen molar-refractivity contribution in [2.45, 2.75) is 23.8 Å². The molecule has 3 aromatic rings. The van der Waals surface area contributed by atoms with Crippen LogP contribution in [0.5, 0.6) is 0 Å². The monoisotopic (exact) mass is 355 g/mol. The van der Waals surface area contributed by atoms with E-state index in [-0.39, 0.29) is 11.2 Å². The third kappa shape index (κ3) is 3.07. The molecule has 1 unspecified atom stereocenters. The van der Waals surface area contributed by atoms with Gasteiger partial charge in [-0.1, -0.05) is 40.2 Å². The van der Waals surface area contributed by atoms with Crippen molar-refractivity contribution in [3.8, 4) is 0 Å². The van der Waals surface area contributed by atoms with E-state index in [4.69, 9.17) is 0 Å². The number of H-pyrrole nitrogens is 1. The number of alkyl halides is 4. The summed E-state index contributed by atoms with van der Waals surface area (Å²) in [5.41, 5.74) is 2.90. The number of nitrogens with one attached hydrogen (secondary N) is 1. The molecule has 1 nitrogen and oxygen atoms in total. The van der Waals surface area contributed by atoms with Crippen LogP contribution in [0.15, 0.2) is 42.5 Å². The highest BCUT2D eigenvalue weighted by molar-refractivity contribution is 9.09. The third-order valence-electron chi connectivity index (χ3n) is 3.57. The molecule has 0 saturated heterocycles. The summed E-state index contributed by atoms with van der Waals surface area (Å²) < 4.78 is 37.0. The second kappa shape index (κ2) is 5.37. The molecule has 2 aromatic carbocycles. The lowest BCUT2D eigenvalue weighted by Gasteiger charge is -2.12. The fourth-order valence-corrected chi connectivity index (χ4v) is 3.03. The molecule has 110 valence electrons. The average molecular weight is 356 g/mol. The number of halogens is 4. The molecular weight excluding hydrogens is 343 g/mol. The van der Waals surface area contributed by atoms with Crippen LogP contribution in [0.1, 0.15) is 23.2 Å². The zero-order valence-corrected chi connectivity index (χ0v) is 12.6. The van der Waals surface area contributed by atoms with Gasteiger partial charge in [0.2, 0.25) is 0 Å². The van der Waals surface area contributed by atoms with Crippen molar-refractivity contribution in [1.82, 2.24) is 4.98 Å². The highest BCUT2D eigenvalue weighted by Crippen LogP contribution is 2.35. The van der Waals surface area contributed by atoms with E-state index in [1.54, 1.807) is 0 Å². The normalized spacial score (nSPS) is 13.9. The maximum atomic E-state index is 12.3. The second-order valence-corrected chi connectivity index (χ2v) is 6.20. The van der Waals surface area contributed by atoms with E-state index in [0.717, 1.165) is 27.4 Å². The lowest BCUT2D eigenvalue weighted by atomic mass is 10.0. The molecule has 1 heterocycles. The summed E-state index contributed by atoms with van der Waals surface area (Å²) in [5.74, 6) is 0. The van der Waals surface area contributed by atoms with Gasteiger partial charge in [0, 0.05) is 33.1 Å². The Kier molecular flexibility index (Phi) is 3.69. The van der Waals surface area contributed by atoms with Crippen LogP contribution in [0.3, 0.4) is 0 Å². The van der Waals surface area contributed by atoms with Crippen molar-refractivity contribution in [3.63, 3.8) is 0 Å². The molecule has 0 aliphatic heterocycles. The van der Waals surface area contributed by atoms with Crippen LogP contribution in [0.4, 0.5) is 13.2 Å². The van der Waals surface area contributed by atoms with E-state index in [0.29, 0.717) is 0 Å². The maximum Gasteiger partial charge on any atom is 0.389 e. The van der Waals surface area contributed by atoms with Gasteiger partial charge in [-0.3, -0.25) is 0 Å². The fourth-order valence-electron chi connectivity index (χ4n) is 2.52. The van der Waals surface area contributed by atoms with Gasteiger partial charge in [0.1, 0.15) is 0 Å². The Morgan fingerprint density at radius 2 is 1.71 bits per heavy atom. The number of hydrogen-bond donors (Lipinski definition) is 1. The first kappa shape index (κ1) is 14.4. The SMILES string of the molecule is FC(F)(F)CCC(Br)c1ccc2[nH]c3ccccc3c2c1. The number of para-hydroxylation sites is 1. The molecule has 1 aromatic heterocycles. The van der Waals surface area contributed by atoms with Gasteiger partial charge in [0.05, 0.1) is 0 Å². The van der Waals surface area contributed by atoms with Crippen molar-refractivity contribution in [3.05, 3.63) is 48.0 Å². The van der Waals surface area contributed by atoms with Crippen molar-refractivity contribution in [1.29, 1.82) is 0 Å². The summed E-state index contributed by atoms with van der Waals surface area (Å²) in [7, 11) is 0. The van der Waals surface area contributed by atoms with E-state index in [9.17, 15) is 13.2 Å². The number of benzene rings is 2. The topological polar surface area (TPSA) is 15.8 Å². The molecule has 3 rings (SSSR count). The van der Waals surface area contributed by atoms with E-state index in [1.165, 1.54) is 0 Å². The summed E-state index contributed by atoms with van der Waals surface area (Å²) in [5, 5.41) is 2.13. The fraction of sp³-hybridized carbons (Fsp3) is 0.250. The molecular formula is C16H13BrF3N. The molecule has 0 aliphatic carbocycles. The minimum Gasteiger partial charge on any atom is -0.355 e. The van der Waals surface area contributed by atoms with Crippen LogP contribution >= 0.6 is 15.9 Å². The summed E-state index contributed by atoms with van der Waals surface area (Å²) in [4.78, 5) is 3.01. The highest BCUT2D eigenvalue weighted by Gasteiger charge is 2.28. The van der Waals surface area contributed by atoms with E-state index in [1.807, 2.05) is 42.5 Å². The van der Waals surface area contributed by atoms with Gasteiger partial charge < -0.3 is 4.98 Å². The molecule has 1 N–H and O–H groups in total. The molecule has 0 spiro atoms. The zero-order chi connectivity index (χ0) is 15.0. The quantitative estimate of drug-likeness (QED) is 0.546. The highest BCUT2D eigenvalue weighted by atomic mass is 79.9. The van der Waals surface area contributed by atoms with Gasteiger partial charge in [-0.05, 0) is 30.2 Å². The first-order chi connectivity index (χ1) is 9.94. The molecule has 0 radical (unpaired) electrons. The predicted octanol–water partition coefficient (Wildman–Crippen LogP) is 6.10. The minimum absolute atomic E-state index is 0.0390. The number of aromatic amines is 1. The molecule has 0 aliphatic rings. The number of rotatable bonds is 3. The summed E-state index contributed by atoms with van der Waals surface area (Å²) >= 11 is 3.37. The van der Waals surface area contributed by atoms with Crippen molar-refractivity contribution in [2.24, 2.45) is 0 Å². The summed E-state index contributed by atoms with van der Waals surface area (Å²) in [6, 6.07) is 13.7. The Hall–Kier alpha value is -1.49. The van der Waals surface area contributed by atoms with Gasteiger partial charge in [-0.15, -0.1) is 0 Å². The molecule has 21 heavy (non-hydrogen) atoms. The molecule has 0 fully saturated rings. The minimum atomic E-state index is -4.11. The Bertz CT molecular complexity index is 776. The first-order valence-electron chi connectivity index (χ1n) is 6.65.